The zero-order chi connectivity index (χ0) is 14.8. The smallest absolute Gasteiger partial charge is 0.0246 e. The summed E-state index contributed by atoms with van der Waals surface area (Å²) in [6.07, 6.45) is 10.8. The van der Waals surface area contributed by atoms with Crippen LogP contribution in [0.3, 0.4) is 0 Å². The van der Waals surface area contributed by atoms with Crippen LogP contribution in [-0.4, -0.2) is 36.6 Å². The monoisotopic (exact) mass is 282 g/mol. The SMILES string of the molecule is CCCNC(CCC)C(CC)N1CCC(CCC)CC1. The normalized spacial score (nSPS) is 21.0. The molecular formula is C18H38N2. The predicted octanol–water partition coefficient (Wildman–Crippen LogP) is 4.45. The van der Waals surface area contributed by atoms with Crippen LogP contribution < -0.4 is 5.32 Å². The Balaban J connectivity index is 2.50. The standard InChI is InChI=1S/C18H38N2/c1-5-9-16-11-14-20(15-12-16)18(8-4)17(10-6-2)19-13-7-3/h16-19H,5-15H2,1-4H3. The number of hydrogen-bond acceptors (Lipinski definition) is 2. The van der Waals surface area contributed by atoms with E-state index in [9.17, 15) is 0 Å². The molecule has 0 spiro atoms. The van der Waals surface area contributed by atoms with Crippen LogP contribution in [0, 0.1) is 5.92 Å². The van der Waals surface area contributed by atoms with E-state index in [1.807, 2.05) is 0 Å². The molecule has 0 aliphatic carbocycles. The van der Waals surface area contributed by atoms with Crippen molar-refractivity contribution in [2.45, 2.75) is 91.1 Å². The molecule has 1 heterocycles. The Bertz CT molecular complexity index is 221. The van der Waals surface area contributed by atoms with Gasteiger partial charge in [-0.3, -0.25) is 4.90 Å². The fourth-order valence-electron chi connectivity index (χ4n) is 3.85. The molecule has 1 aliphatic rings. The van der Waals surface area contributed by atoms with Gasteiger partial charge in [0.25, 0.3) is 0 Å². The molecular weight excluding hydrogens is 244 g/mol. The lowest BCUT2D eigenvalue weighted by molar-refractivity contribution is 0.0974. The van der Waals surface area contributed by atoms with Gasteiger partial charge in [0.05, 0.1) is 0 Å². The minimum atomic E-state index is 0.702. The quantitative estimate of drug-likeness (QED) is 0.637. The molecule has 0 saturated carbocycles. The Hall–Kier alpha value is -0.0800. The van der Waals surface area contributed by atoms with E-state index in [-0.39, 0.29) is 0 Å². The summed E-state index contributed by atoms with van der Waals surface area (Å²) in [5.74, 6) is 1.00. The lowest BCUT2D eigenvalue weighted by Gasteiger charge is -2.41. The van der Waals surface area contributed by atoms with Gasteiger partial charge in [0.15, 0.2) is 0 Å². The van der Waals surface area contributed by atoms with E-state index in [0.29, 0.717) is 6.04 Å². The molecule has 1 fully saturated rings. The van der Waals surface area contributed by atoms with Crippen LogP contribution in [0.4, 0.5) is 0 Å². The number of piperidine rings is 1. The summed E-state index contributed by atoms with van der Waals surface area (Å²) >= 11 is 0. The number of hydrogen-bond donors (Lipinski definition) is 1. The van der Waals surface area contributed by atoms with Gasteiger partial charge in [-0.05, 0) is 57.7 Å². The average molecular weight is 283 g/mol. The number of nitrogens with zero attached hydrogens (tertiary/aromatic N) is 1. The van der Waals surface area contributed by atoms with Gasteiger partial charge in [-0.2, -0.15) is 0 Å². The van der Waals surface area contributed by atoms with E-state index < -0.39 is 0 Å². The molecule has 1 rings (SSSR count). The summed E-state index contributed by atoms with van der Waals surface area (Å²) in [7, 11) is 0. The molecule has 0 aromatic rings. The Morgan fingerprint density at radius 2 is 1.70 bits per heavy atom. The van der Waals surface area contributed by atoms with Gasteiger partial charge < -0.3 is 5.32 Å². The van der Waals surface area contributed by atoms with Crippen LogP contribution in [0.15, 0.2) is 0 Å². The summed E-state index contributed by atoms with van der Waals surface area (Å²) in [5, 5.41) is 3.81. The van der Waals surface area contributed by atoms with Crippen molar-refractivity contribution in [1.29, 1.82) is 0 Å². The second-order valence-corrected chi connectivity index (χ2v) is 6.59. The summed E-state index contributed by atoms with van der Waals surface area (Å²) in [6.45, 7) is 13.1. The lowest BCUT2D eigenvalue weighted by Crippen LogP contribution is -2.52. The zero-order valence-corrected chi connectivity index (χ0v) is 14.5. The van der Waals surface area contributed by atoms with E-state index >= 15 is 0 Å². The van der Waals surface area contributed by atoms with Crippen LogP contribution in [0.2, 0.25) is 0 Å². The highest BCUT2D eigenvalue weighted by Gasteiger charge is 2.28. The van der Waals surface area contributed by atoms with Crippen molar-refractivity contribution in [2.75, 3.05) is 19.6 Å². The lowest BCUT2D eigenvalue weighted by atomic mass is 9.89. The van der Waals surface area contributed by atoms with Crippen LogP contribution >= 0.6 is 0 Å². The molecule has 1 aliphatic heterocycles. The maximum absolute atomic E-state index is 3.81. The third-order valence-corrected chi connectivity index (χ3v) is 4.95. The first kappa shape index (κ1) is 18.0. The molecule has 120 valence electrons. The Kier molecular flexibility index (Phi) is 9.54. The Morgan fingerprint density at radius 1 is 1.00 bits per heavy atom. The van der Waals surface area contributed by atoms with Gasteiger partial charge >= 0.3 is 0 Å². The average Bonchev–Trinajstić information content (AvgIpc) is 2.47. The molecule has 2 unspecified atom stereocenters. The molecule has 1 saturated heterocycles. The first-order valence-electron chi connectivity index (χ1n) is 9.24. The third kappa shape index (κ3) is 5.73. The highest BCUT2D eigenvalue weighted by Crippen LogP contribution is 2.25. The van der Waals surface area contributed by atoms with Crippen molar-refractivity contribution in [3.63, 3.8) is 0 Å². The maximum Gasteiger partial charge on any atom is 0.0246 e. The topological polar surface area (TPSA) is 15.3 Å². The van der Waals surface area contributed by atoms with Crippen molar-refractivity contribution in [2.24, 2.45) is 5.92 Å². The molecule has 1 N–H and O–H groups in total. The second-order valence-electron chi connectivity index (χ2n) is 6.59. The maximum atomic E-state index is 3.81. The Labute approximate surface area is 127 Å². The fraction of sp³-hybridized carbons (Fsp3) is 1.00. The molecule has 20 heavy (non-hydrogen) atoms. The van der Waals surface area contributed by atoms with Crippen LogP contribution in [0.25, 0.3) is 0 Å². The van der Waals surface area contributed by atoms with Gasteiger partial charge in [0.1, 0.15) is 0 Å². The van der Waals surface area contributed by atoms with Crippen molar-refractivity contribution in [1.82, 2.24) is 10.2 Å². The summed E-state index contributed by atoms with van der Waals surface area (Å²) in [6, 6.07) is 1.46. The fourth-order valence-corrected chi connectivity index (χ4v) is 3.85. The summed E-state index contributed by atoms with van der Waals surface area (Å²) < 4.78 is 0. The van der Waals surface area contributed by atoms with E-state index in [2.05, 4.69) is 37.9 Å². The molecule has 0 amide bonds. The van der Waals surface area contributed by atoms with E-state index in [1.165, 1.54) is 71.0 Å². The highest BCUT2D eigenvalue weighted by atomic mass is 15.2. The first-order chi connectivity index (χ1) is 9.76. The molecule has 2 nitrogen and oxygen atoms in total. The Morgan fingerprint density at radius 3 is 2.20 bits per heavy atom. The number of likely N-dealkylation sites (tertiary alicyclic amines) is 1. The largest absolute Gasteiger partial charge is 0.312 e. The second kappa shape index (κ2) is 10.6. The van der Waals surface area contributed by atoms with Crippen LogP contribution in [-0.2, 0) is 0 Å². The van der Waals surface area contributed by atoms with Gasteiger partial charge in [-0.1, -0.05) is 47.0 Å². The van der Waals surface area contributed by atoms with E-state index in [1.54, 1.807) is 0 Å². The summed E-state index contributed by atoms with van der Waals surface area (Å²) in [5.41, 5.74) is 0. The predicted molar refractivity (Wildman–Crippen MR) is 90.3 cm³/mol. The van der Waals surface area contributed by atoms with Crippen molar-refractivity contribution < 1.29 is 0 Å². The first-order valence-corrected chi connectivity index (χ1v) is 9.24. The third-order valence-electron chi connectivity index (χ3n) is 4.95. The number of nitrogens with one attached hydrogen (secondary N) is 1. The zero-order valence-electron chi connectivity index (χ0n) is 14.5. The highest BCUT2D eigenvalue weighted by molar-refractivity contribution is 4.86. The van der Waals surface area contributed by atoms with Crippen molar-refractivity contribution in [3.05, 3.63) is 0 Å². The van der Waals surface area contributed by atoms with Gasteiger partial charge in [0.2, 0.25) is 0 Å². The van der Waals surface area contributed by atoms with E-state index in [4.69, 9.17) is 0 Å². The van der Waals surface area contributed by atoms with Crippen LogP contribution in [0.1, 0.15) is 79.1 Å². The van der Waals surface area contributed by atoms with Gasteiger partial charge in [-0.25, -0.2) is 0 Å². The number of rotatable bonds is 10. The minimum absolute atomic E-state index is 0.702. The van der Waals surface area contributed by atoms with Crippen molar-refractivity contribution >= 4 is 0 Å². The van der Waals surface area contributed by atoms with Crippen molar-refractivity contribution in [3.8, 4) is 0 Å². The molecule has 0 aromatic carbocycles. The molecule has 2 heteroatoms. The molecule has 0 radical (unpaired) electrons. The van der Waals surface area contributed by atoms with Crippen LogP contribution in [0.5, 0.6) is 0 Å². The van der Waals surface area contributed by atoms with Gasteiger partial charge in [0, 0.05) is 12.1 Å². The molecule has 0 bridgehead atoms. The minimum Gasteiger partial charge on any atom is -0.312 e. The van der Waals surface area contributed by atoms with Gasteiger partial charge in [-0.15, -0.1) is 0 Å². The van der Waals surface area contributed by atoms with E-state index in [0.717, 1.165) is 12.0 Å². The molecule has 2 atom stereocenters. The summed E-state index contributed by atoms with van der Waals surface area (Å²) in [4.78, 5) is 2.79. The molecule has 0 aromatic heterocycles.